The molecule has 0 amide bonds. The molecule has 0 unspecified atom stereocenters. The van der Waals surface area contributed by atoms with E-state index in [1.54, 1.807) is 12.1 Å². The molecule has 1 rings (SSSR count). The highest BCUT2D eigenvalue weighted by Crippen LogP contribution is 2.09. The molecule has 0 spiro atoms. The van der Waals surface area contributed by atoms with Gasteiger partial charge in [0.05, 0.1) is 12.2 Å². The van der Waals surface area contributed by atoms with Crippen LogP contribution in [0.25, 0.3) is 0 Å². The molecule has 3 nitrogen and oxygen atoms in total. The van der Waals surface area contributed by atoms with Gasteiger partial charge >= 0.3 is 0 Å². The Labute approximate surface area is 94.8 Å². The minimum atomic E-state index is -0.472. The van der Waals surface area contributed by atoms with Gasteiger partial charge in [-0.2, -0.15) is 5.26 Å². The lowest BCUT2D eigenvalue weighted by Gasteiger charge is -2.05. The normalized spacial score (nSPS) is 10.1. The number of rotatable bonds is 6. The smallest absolute Gasteiger partial charge is 0.140 e. The maximum atomic E-state index is 13.0. The first-order chi connectivity index (χ1) is 7.77. The summed E-state index contributed by atoms with van der Waals surface area (Å²) in [4.78, 5) is 0. The number of hydrogen-bond donors (Lipinski definition) is 1. The predicted octanol–water partition coefficient (Wildman–Crippen LogP) is 1.82. The number of nitriles is 1. The lowest BCUT2D eigenvalue weighted by molar-refractivity contribution is 0.149. The second-order valence-corrected chi connectivity index (χ2v) is 3.30. The van der Waals surface area contributed by atoms with E-state index in [-0.39, 0.29) is 5.56 Å². The van der Waals surface area contributed by atoms with Crippen LogP contribution in [0.4, 0.5) is 4.39 Å². The molecule has 0 saturated carbocycles. The maximum Gasteiger partial charge on any atom is 0.140 e. The van der Waals surface area contributed by atoms with Gasteiger partial charge in [0.1, 0.15) is 11.9 Å². The zero-order valence-corrected chi connectivity index (χ0v) is 9.29. The van der Waals surface area contributed by atoms with Crippen LogP contribution in [0.2, 0.25) is 0 Å². The number of hydrogen-bond acceptors (Lipinski definition) is 3. The molecule has 16 heavy (non-hydrogen) atoms. The van der Waals surface area contributed by atoms with Gasteiger partial charge in [-0.15, -0.1) is 0 Å². The van der Waals surface area contributed by atoms with Crippen molar-refractivity contribution in [3.63, 3.8) is 0 Å². The summed E-state index contributed by atoms with van der Waals surface area (Å²) in [6.07, 6.45) is 0. The Balaban J connectivity index is 2.40. The van der Waals surface area contributed by atoms with E-state index in [1.165, 1.54) is 6.07 Å². The molecule has 0 radical (unpaired) electrons. The van der Waals surface area contributed by atoms with E-state index in [4.69, 9.17) is 10.00 Å². The standard InChI is InChI=1S/C12H15FN2O/c1-2-16-6-5-15-9-10-3-4-12(13)11(7-10)8-14/h3-4,7,15H,2,5-6,9H2,1H3. The van der Waals surface area contributed by atoms with Crippen LogP contribution >= 0.6 is 0 Å². The summed E-state index contributed by atoms with van der Waals surface area (Å²) in [5.74, 6) is -0.472. The molecule has 1 aromatic carbocycles. The fourth-order valence-corrected chi connectivity index (χ4v) is 1.29. The van der Waals surface area contributed by atoms with Gasteiger partial charge in [-0.05, 0) is 24.6 Å². The quantitative estimate of drug-likeness (QED) is 0.747. The first-order valence-electron chi connectivity index (χ1n) is 5.25. The predicted molar refractivity (Wildman–Crippen MR) is 59.3 cm³/mol. The number of halogens is 1. The van der Waals surface area contributed by atoms with Crippen molar-refractivity contribution >= 4 is 0 Å². The Hall–Kier alpha value is -1.44. The summed E-state index contributed by atoms with van der Waals surface area (Å²) in [5, 5.41) is 11.8. The molecule has 0 heterocycles. The van der Waals surface area contributed by atoms with Crippen LogP contribution in [-0.4, -0.2) is 19.8 Å². The summed E-state index contributed by atoms with van der Waals surface area (Å²) >= 11 is 0. The summed E-state index contributed by atoms with van der Waals surface area (Å²) in [6.45, 7) is 4.66. The molecular formula is C12H15FN2O. The van der Waals surface area contributed by atoms with E-state index in [0.29, 0.717) is 19.8 Å². The Morgan fingerprint density at radius 3 is 3.00 bits per heavy atom. The van der Waals surface area contributed by atoms with Crippen LogP contribution in [0.1, 0.15) is 18.1 Å². The van der Waals surface area contributed by atoms with Crippen LogP contribution in [0.3, 0.4) is 0 Å². The van der Waals surface area contributed by atoms with Gasteiger partial charge in [0.15, 0.2) is 0 Å². The molecule has 0 atom stereocenters. The van der Waals surface area contributed by atoms with Crippen molar-refractivity contribution in [2.75, 3.05) is 19.8 Å². The molecule has 0 aliphatic rings. The van der Waals surface area contributed by atoms with Crippen molar-refractivity contribution in [3.8, 4) is 6.07 Å². The number of nitrogens with zero attached hydrogens (tertiary/aromatic N) is 1. The number of ether oxygens (including phenoxy) is 1. The lowest BCUT2D eigenvalue weighted by Crippen LogP contribution is -2.19. The first kappa shape index (κ1) is 12.6. The molecule has 0 saturated heterocycles. The fraction of sp³-hybridized carbons (Fsp3) is 0.417. The molecule has 4 heteroatoms. The van der Waals surface area contributed by atoms with Gasteiger partial charge in [0, 0.05) is 19.7 Å². The Bertz CT molecular complexity index is 374. The second kappa shape index (κ2) is 6.94. The van der Waals surface area contributed by atoms with Crippen molar-refractivity contribution in [2.45, 2.75) is 13.5 Å². The zero-order valence-electron chi connectivity index (χ0n) is 9.29. The minimum Gasteiger partial charge on any atom is -0.380 e. The maximum absolute atomic E-state index is 13.0. The highest BCUT2D eigenvalue weighted by molar-refractivity contribution is 5.34. The Kier molecular flexibility index (Phi) is 5.48. The van der Waals surface area contributed by atoms with Crippen molar-refractivity contribution in [2.24, 2.45) is 0 Å². The van der Waals surface area contributed by atoms with Crippen LogP contribution in [0, 0.1) is 17.1 Å². The third-order valence-corrected chi connectivity index (χ3v) is 2.11. The highest BCUT2D eigenvalue weighted by atomic mass is 19.1. The topological polar surface area (TPSA) is 45.0 Å². The molecule has 1 aromatic rings. The Morgan fingerprint density at radius 1 is 1.50 bits per heavy atom. The molecule has 0 bridgehead atoms. The van der Waals surface area contributed by atoms with E-state index >= 15 is 0 Å². The molecule has 1 N–H and O–H groups in total. The summed E-state index contributed by atoms with van der Waals surface area (Å²) in [7, 11) is 0. The molecule has 86 valence electrons. The van der Waals surface area contributed by atoms with Crippen LogP contribution in [0.5, 0.6) is 0 Å². The molecular weight excluding hydrogens is 207 g/mol. The molecule has 0 fully saturated rings. The summed E-state index contributed by atoms with van der Waals surface area (Å²) < 4.78 is 18.2. The van der Waals surface area contributed by atoms with Crippen LogP contribution in [0.15, 0.2) is 18.2 Å². The van der Waals surface area contributed by atoms with Gasteiger partial charge < -0.3 is 10.1 Å². The third-order valence-electron chi connectivity index (χ3n) is 2.11. The number of benzene rings is 1. The third kappa shape index (κ3) is 3.97. The van der Waals surface area contributed by atoms with Crippen molar-refractivity contribution in [3.05, 3.63) is 35.1 Å². The largest absolute Gasteiger partial charge is 0.380 e. The van der Waals surface area contributed by atoms with Gasteiger partial charge in [-0.3, -0.25) is 0 Å². The average molecular weight is 222 g/mol. The van der Waals surface area contributed by atoms with Crippen LogP contribution in [-0.2, 0) is 11.3 Å². The molecule has 0 aliphatic carbocycles. The van der Waals surface area contributed by atoms with E-state index in [2.05, 4.69) is 5.32 Å². The van der Waals surface area contributed by atoms with Crippen molar-refractivity contribution in [1.82, 2.24) is 5.32 Å². The van der Waals surface area contributed by atoms with E-state index in [0.717, 1.165) is 12.1 Å². The van der Waals surface area contributed by atoms with Gasteiger partial charge in [0.25, 0.3) is 0 Å². The fourth-order valence-electron chi connectivity index (χ4n) is 1.29. The van der Waals surface area contributed by atoms with Crippen molar-refractivity contribution in [1.29, 1.82) is 5.26 Å². The summed E-state index contributed by atoms with van der Waals surface area (Å²) in [5.41, 5.74) is 0.985. The van der Waals surface area contributed by atoms with E-state index in [1.807, 2.05) is 13.0 Å². The van der Waals surface area contributed by atoms with E-state index in [9.17, 15) is 4.39 Å². The molecule has 0 aromatic heterocycles. The summed E-state index contributed by atoms with van der Waals surface area (Å²) in [6, 6.07) is 6.37. The first-order valence-corrected chi connectivity index (χ1v) is 5.25. The Morgan fingerprint density at radius 2 is 2.31 bits per heavy atom. The van der Waals surface area contributed by atoms with Crippen molar-refractivity contribution < 1.29 is 9.13 Å². The zero-order chi connectivity index (χ0) is 11.8. The van der Waals surface area contributed by atoms with E-state index < -0.39 is 5.82 Å². The monoisotopic (exact) mass is 222 g/mol. The van der Waals surface area contributed by atoms with Gasteiger partial charge in [-0.1, -0.05) is 6.07 Å². The highest BCUT2D eigenvalue weighted by Gasteiger charge is 2.01. The van der Waals surface area contributed by atoms with Crippen LogP contribution < -0.4 is 5.32 Å². The van der Waals surface area contributed by atoms with Gasteiger partial charge in [-0.25, -0.2) is 4.39 Å². The minimum absolute atomic E-state index is 0.0871. The van der Waals surface area contributed by atoms with Gasteiger partial charge in [0.2, 0.25) is 0 Å². The average Bonchev–Trinajstić information content (AvgIpc) is 2.31. The lowest BCUT2D eigenvalue weighted by atomic mass is 10.1. The number of nitrogens with one attached hydrogen (secondary N) is 1. The second-order valence-electron chi connectivity index (χ2n) is 3.30. The SMILES string of the molecule is CCOCCNCc1ccc(F)c(C#N)c1. The molecule has 0 aliphatic heterocycles.